The van der Waals surface area contributed by atoms with Crippen LogP contribution in [-0.2, 0) is 4.74 Å². The Balaban J connectivity index is 3.19. The van der Waals surface area contributed by atoms with Crippen LogP contribution in [0.5, 0.6) is 0 Å². The van der Waals surface area contributed by atoms with Crippen molar-refractivity contribution in [2.24, 2.45) is 0 Å². The third-order valence-electron chi connectivity index (χ3n) is 1.93. The number of rotatable bonds is 3. The lowest BCUT2D eigenvalue weighted by Crippen LogP contribution is -1.91. The zero-order valence-electron chi connectivity index (χ0n) is 8.13. The molecule has 1 aromatic carbocycles. The Morgan fingerprint density at radius 1 is 1.15 bits per heavy atom. The minimum absolute atomic E-state index is 0.679. The van der Waals surface area contributed by atoms with Crippen LogP contribution in [-0.4, -0.2) is 7.11 Å². The maximum atomic E-state index is 5.09. The van der Waals surface area contributed by atoms with E-state index in [-0.39, 0.29) is 0 Å². The summed E-state index contributed by atoms with van der Waals surface area (Å²) in [7, 11) is 1.62. The Hall–Kier alpha value is -1.50. The SMILES string of the molecule is C=C(C)c1ccccc1C(=C)OC. The first kappa shape index (κ1) is 9.59. The van der Waals surface area contributed by atoms with Crippen molar-refractivity contribution in [3.05, 3.63) is 48.6 Å². The average Bonchev–Trinajstić information content (AvgIpc) is 2.16. The van der Waals surface area contributed by atoms with E-state index < -0.39 is 0 Å². The maximum absolute atomic E-state index is 5.09. The van der Waals surface area contributed by atoms with E-state index in [2.05, 4.69) is 13.2 Å². The largest absolute Gasteiger partial charge is 0.497 e. The van der Waals surface area contributed by atoms with E-state index >= 15 is 0 Å². The molecule has 0 saturated carbocycles. The summed E-state index contributed by atoms with van der Waals surface area (Å²) in [6, 6.07) is 7.94. The molecule has 68 valence electrons. The highest BCUT2D eigenvalue weighted by molar-refractivity contribution is 5.74. The molecule has 0 atom stereocenters. The fourth-order valence-electron chi connectivity index (χ4n) is 1.21. The predicted octanol–water partition coefficient (Wildman–Crippen LogP) is 3.34. The Morgan fingerprint density at radius 3 is 2.15 bits per heavy atom. The van der Waals surface area contributed by atoms with Gasteiger partial charge >= 0.3 is 0 Å². The fraction of sp³-hybridized carbons (Fsp3) is 0.167. The lowest BCUT2D eigenvalue weighted by Gasteiger charge is -2.10. The van der Waals surface area contributed by atoms with Gasteiger partial charge < -0.3 is 4.74 Å². The number of methoxy groups -OCH3 is 1. The van der Waals surface area contributed by atoms with Crippen LogP contribution in [0.2, 0.25) is 0 Å². The summed E-state index contributed by atoms with van der Waals surface area (Å²) in [5.74, 6) is 0.679. The summed E-state index contributed by atoms with van der Waals surface area (Å²) >= 11 is 0. The van der Waals surface area contributed by atoms with Crippen molar-refractivity contribution in [2.75, 3.05) is 7.11 Å². The van der Waals surface area contributed by atoms with E-state index in [0.717, 1.165) is 16.7 Å². The molecule has 0 N–H and O–H groups in total. The molecule has 0 saturated heterocycles. The van der Waals surface area contributed by atoms with Gasteiger partial charge in [-0.05, 0) is 12.5 Å². The predicted molar refractivity (Wildman–Crippen MR) is 57.2 cm³/mol. The van der Waals surface area contributed by atoms with Gasteiger partial charge in [-0.1, -0.05) is 43.0 Å². The van der Waals surface area contributed by atoms with Gasteiger partial charge in [0.15, 0.2) is 0 Å². The van der Waals surface area contributed by atoms with Crippen molar-refractivity contribution >= 4 is 11.3 Å². The van der Waals surface area contributed by atoms with E-state index in [4.69, 9.17) is 4.74 Å². The van der Waals surface area contributed by atoms with Crippen LogP contribution >= 0.6 is 0 Å². The molecule has 13 heavy (non-hydrogen) atoms. The van der Waals surface area contributed by atoms with Gasteiger partial charge in [0, 0.05) is 5.56 Å². The smallest absolute Gasteiger partial charge is 0.119 e. The van der Waals surface area contributed by atoms with E-state index in [1.807, 2.05) is 31.2 Å². The number of allylic oxidation sites excluding steroid dienone is 1. The van der Waals surface area contributed by atoms with Crippen LogP contribution in [0.25, 0.3) is 11.3 Å². The monoisotopic (exact) mass is 174 g/mol. The van der Waals surface area contributed by atoms with Crippen molar-refractivity contribution in [3.63, 3.8) is 0 Å². The van der Waals surface area contributed by atoms with Gasteiger partial charge in [-0.15, -0.1) is 0 Å². The first-order valence-electron chi connectivity index (χ1n) is 4.15. The van der Waals surface area contributed by atoms with Gasteiger partial charge in [0.2, 0.25) is 0 Å². The van der Waals surface area contributed by atoms with Crippen molar-refractivity contribution in [1.82, 2.24) is 0 Å². The Bertz CT molecular complexity index is 337. The molecule has 0 aromatic heterocycles. The summed E-state index contributed by atoms with van der Waals surface area (Å²) in [6.45, 7) is 9.70. The van der Waals surface area contributed by atoms with Crippen LogP contribution in [0.3, 0.4) is 0 Å². The Labute approximate surface area is 79.4 Å². The molecule has 0 heterocycles. The normalized spacial score (nSPS) is 9.38. The second-order valence-electron chi connectivity index (χ2n) is 2.95. The molecule has 0 aliphatic rings. The summed E-state index contributed by atoms with van der Waals surface area (Å²) in [6.07, 6.45) is 0. The quantitative estimate of drug-likeness (QED) is 0.638. The van der Waals surface area contributed by atoms with E-state index in [1.54, 1.807) is 7.11 Å². The molecule has 0 amide bonds. The molecule has 0 unspecified atom stereocenters. The highest BCUT2D eigenvalue weighted by atomic mass is 16.5. The minimum atomic E-state index is 0.679. The molecular formula is C12H14O. The third-order valence-corrected chi connectivity index (χ3v) is 1.93. The van der Waals surface area contributed by atoms with Crippen molar-refractivity contribution in [3.8, 4) is 0 Å². The number of benzene rings is 1. The molecule has 0 aliphatic carbocycles. The molecule has 1 nitrogen and oxygen atoms in total. The van der Waals surface area contributed by atoms with Gasteiger partial charge in [0.05, 0.1) is 7.11 Å². The Morgan fingerprint density at radius 2 is 1.69 bits per heavy atom. The standard InChI is InChI=1S/C12H14O/c1-9(2)11-7-5-6-8-12(11)10(3)13-4/h5-8H,1,3H2,2,4H3. The average molecular weight is 174 g/mol. The van der Waals surface area contributed by atoms with Crippen LogP contribution in [0.4, 0.5) is 0 Å². The van der Waals surface area contributed by atoms with Gasteiger partial charge in [0.1, 0.15) is 5.76 Å². The fourth-order valence-corrected chi connectivity index (χ4v) is 1.21. The van der Waals surface area contributed by atoms with Crippen molar-refractivity contribution < 1.29 is 4.74 Å². The van der Waals surface area contributed by atoms with Crippen molar-refractivity contribution in [2.45, 2.75) is 6.92 Å². The molecule has 1 rings (SSSR count). The minimum Gasteiger partial charge on any atom is -0.497 e. The maximum Gasteiger partial charge on any atom is 0.119 e. The van der Waals surface area contributed by atoms with Gasteiger partial charge in [-0.2, -0.15) is 0 Å². The summed E-state index contributed by atoms with van der Waals surface area (Å²) in [5, 5.41) is 0. The lowest BCUT2D eigenvalue weighted by atomic mass is 10.0. The first-order valence-corrected chi connectivity index (χ1v) is 4.15. The Kier molecular flexibility index (Phi) is 2.91. The summed E-state index contributed by atoms with van der Waals surface area (Å²) < 4.78 is 5.09. The van der Waals surface area contributed by atoms with Crippen LogP contribution in [0.1, 0.15) is 18.1 Å². The zero-order valence-corrected chi connectivity index (χ0v) is 8.13. The third kappa shape index (κ3) is 2.00. The topological polar surface area (TPSA) is 9.23 Å². The first-order chi connectivity index (χ1) is 6.16. The number of hydrogen-bond acceptors (Lipinski definition) is 1. The van der Waals surface area contributed by atoms with E-state index in [0.29, 0.717) is 5.76 Å². The van der Waals surface area contributed by atoms with Crippen molar-refractivity contribution in [1.29, 1.82) is 0 Å². The highest BCUT2D eigenvalue weighted by Crippen LogP contribution is 2.23. The van der Waals surface area contributed by atoms with Crippen LogP contribution < -0.4 is 0 Å². The van der Waals surface area contributed by atoms with Gasteiger partial charge in [-0.25, -0.2) is 0 Å². The molecule has 0 fully saturated rings. The molecule has 0 spiro atoms. The summed E-state index contributed by atoms with van der Waals surface area (Å²) in [5.41, 5.74) is 3.13. The van der Waals surface area contributed by atoms with Gasteiger partial charge in [-0.3, -0.25) is 0 Å². The zero-order chi connectivity index (χ0) is 9.84. The second-order valence-corrected chi connectivity index (χ2v) is 2.95. The molecule has 1 aromatic rings. The van der Waals surface area contributed by atoms with E-state index in [1.165, 1.54) is 0 Å². The van der Waals surface area contributed by atoms with Crippen LogP contribution in [0, 0.1) is 0 Å². The molecule has 0 radical (unpaired) electrons. The number of ether oxygens (including phenoxy) is 1. The van der Waals surface area contributed by atoms with Gasteiger partial charge in [0.25, 0.3) is 0 Å². The second kappa shape index (κ2) is 3.94. The van der Waals surface area contributed by atoms with Crippen LogP contribution in [0.15, 0.2) is 37.4 Å². The van der Waals surface area contributed by atoms with E-state index in [9.17, 15) is 0 Å². The molecular weight excluding hydrogens is 160 g/mol. The molecule has 0 aliphatic heterocycles. The highest BCUT2D eigenvalue weighted by Gasteiger charge is 2.04. The number of hydrogen-bond donors (Lipinski definition) is 0. The lowest BCUT2D eigenvalue weighted by molar-refractivity contribution is 0.371. The molecule has 0 bridgehead atoms. The summed E-state index contributed by atoms with van der Waals surface area (Å²) in [4.78, 5) is 0. The molecule has 1 heteroatoms.